The molecule has 1 aromatic rings. The second kappa shape index (κ2) is 4.06. The number of aryl methyl sites for hydroxylation is 1. The summed E-state index contributed by atoms with van der Waals surface area (Å²) < 4.78 is 0. The summed E-state index contributed by atoms with van der Waals surface area (Å²) in [7, 11) is 2.07. The minimum Gasteiger partial charge on any atom is -0.0978 e. The summed E-state index contributed by atoms with van der Waals surface area (Å²) in [6.07, 6.45) is 0. The fourth-order valence-electron chi connectivity index (χ4n) is 0.781. The fourth-order valence-corrected chi connectivity index (χ4v) is 2.77. The third-order valence-electron chi connectivity index (χ3n) is 1.32. The molecule has 0 fully saturated rings. The van der Waals surface area contributed by atoms with Gasteiger partial charge in [-0.15, -0.1) is 0 Å². The van der Waals surface area contributed by atoms with Crippen LogP contribution in [0.5, 0.6) is 0 Å². The summed E-state index contributed by atoms with van der Waals surface area (Å²) in [5.74, 6) is 0. The first-order valence-electron chi connectivity index (χ1n) is 3.32. The zero-order valence-electron chi connectivity index (χ0n) is 6.31. The first kappa shape index (κ1) is 8.18. The van der Waals surface area contributed by atoms with Gasteiger partial charge in [-0.2, -0.15) is 0 Å². The molecule has 0 N–H and O–H groups in total. The first-order valence-corrected chi connectivity index (χ1v) is 6.82. The predicted octanol–water partition coefficient (Wildman–Crippen LogP) is 2.52. The summed E-state index contributed by atoms with van der Waals surface area (Å²) in [6.45, 7) is 4.37. The second-order valence-electron chi connectivity index (χ2n) is 2.24. The van der Waals surface area contributed by atoms with Crippen molar-refractivity contribution in [1.82, 2.24) is 0 Å². The molecule has 2 unspecified atom stereocenters. The summed E-state index contributed by atoms with van der Waals surface area (Å²) in [5.41, 5.74) is 1.35. The molecule has 0 nitrogen and oxygen atoms in total. The van der Waals surface area contributed by atoms with Gasteiger partial charge in [0, 0.05) is 0 Å². The second-order valence-corrected chi connectivity index (χ2v) is 5.82. The lowest BCUT2D eigenvalue weighted by atomic mass is 10.2. The van der Waals surface area contributed by atoms with E-state index in [0.29, 0.717) is 0 Å². The van der Waals surface area contributed by atoms with Crippen LogP contribution in [0.2, 0.25) is 0 Å². The monoisotopic (exact) mass is 170 g/mol. The Hall–Kier alpha value is 0.0800. The third-order valence-corrected chi connectivity index (χ3v) is 3.81. The first-order chi connectivity index (χ1) is 4.83. The van der Waals surface area contributed by atoms with E-state index < -0.39 is 0 Å². The summed E-state index contributed by atoms with van der Waals surface area (Å²) in [6, 6.07) is 8.82. The van der Waals surface area contributed by atoms with E-state index in [4.69, 9.17) is 0 Å². The molecule has 0 saturated carbocycles. The van der Waals surface area contributed by atoms with Gasteiger partial charge in [-0.1, -0.05) is 46.4 Å². The van der Waals surface area contributed by atoms with Gasteiger partial charge in [0.2, 0.25) is 0 Å². The highest BCUT2D eigenvalue weighted by atomic mass is 32.0. The Morgan fingerprint density at radius 1 is 1.10 bits per heavy atom. The predicted molar refractivity (Wildman–Crippen MR) is 53.4 cm³/mol. The van der Waals surface area contributed by atoms with Gasteiger partial charge in [0.1, 0.15) is 0 Å². The highest BCUT2D eigenvalue weighted by Crippen LogP contribution is 2.31. The topological polar surface area (TPSA) is 0 Å². The van der Waals surface area contributed by atoms with Crippen molar-refractivity contribution in [2.75, 3.05) is 6.66 Å². The van der Waals surface area contributed by atoms with Gasteiger partial charge in [-0.3, -0.25) is 0 Å². The molecule has 2 atom stereocenters. The van der Waals surface area contributed by atoms with Crippen LogP contribution in [0.1, 0.15) is 5.56 Å². The Morgan fingerprint density at radius 2 is 1.70 bits per heavy atom. The molecule has 0 amide bonds. The van der Waals surface area contributed by atoms with E-state index in [1.807, 2.05) is 0 Å². The van der Waals surface area contributed by atoms with E-state index in [2.05, 4.69) is 37.9 Å². The van der Waals surface area contributed by atoms with Crippen LogP contribution in [0, 0.1) is 6.92 Å². The molecule has 0 bridgehead atoms. The summed E-state index contributed by atoms with van der Waals surface area (Å²) in [5, 5.41) is 1.49. The zero-order chi connectivity index (χ0) is 7.40. The highest BCUT2D eigenvalue weighted by molar-refractivity contribution is 8.15. The molecule has 2 heteroatoms. The molecule has 54 valence electrons. The van der Waals surface area contributed by atoms with Crippen molar-refractivity contribution in [3.05, 3.63) is 29.8 Å². The minimum absolute atomic E-state index is 1.01. The standard InChI is InChI=1S/C8H12P2/c1-7-3-5-8(6-4-7)10-9-2/h3-6,9-10H,1-2H3. The molecular weight excluding hydrogens is 158 g/mol. The van der Waals surface area contributed by atoms with Crippen molar-refractivity contribution in [1.29, 1.82) is 0 Å². The van der Waals surface area contributed by atoms with E-state index in [1.54, 1.807) is 0 Å². The number of hydrogen-bond acceptors (Lipinski definition) is 0. The van der Waals surface area contributed by atoms with E-state index in [-0.39, 0.29) is 0 Å². The van der Waals surface area contributed by atoms with Crippen molar-refractivity contribution in [3.63, 3.8) is 0 Å². The van der Waals surface area contributed by atoms with Crippen LogP contribution in [-0.4, -0.2) is 6.66 Å². The molecule has 0 aliphatic carbocycles. The molecule has 0 aromatic heterocycles. The Kier molecular flexibility index (Phi) is 3.32. The van der Waals surface area contributed by atoms with Crippen molar-refractivity contribution in [2.45, 2.75) is 6.92 Å². The van der Waals surface area contributed by atoms with Crippen LogP contribution in [0.4, 0.5) is 0 Å². The average molecular weight is 170 g/mol. The lowest BCUT2D eigenvalue weighted by molar-refractivity contribution is 1.49. The van der Waals surface area contributed by atoms with Crippen molar-refractivity contribution < 1.29 is 0 Å². The average Bonchev–Trinajstić information content (AvgIpc) is 1.95. The number of hydrogen-bond donors (Lipinski definition) is 0. The third kappa shape index (κ3) is 2.37. The van der Waals surface area contributed by atoms with Crippen molar-refractivity contribution in [3.8, 4) is 0 Å². The fraction of sp³-hybridized carbons (Fsp3) is 0.250. The Morgan fingerprint density at radius 3 is 2.20 bits per heavy atom. The Balaban J connectivity index is 2.69. The zero-order valence-corrected chi connectivity index (χ0v) is 8.31. The molecule has 1 aromatic carbocycles. The SMILES string of the molecule is CPPc1ccc(C)cc1. The van der Waals surface area contributed by atoms with Crippen LogP contribution >= 0.6 is 16.5 Å². The van der Waals surface area contributed by atoms with E-state index in [0.717, 1.165) is 16.5 Å². The number of benzene rings is 1. The van der Waals surface area contributed by atoms with Crippen molar-refractivity contribution >= 4 is 21.8 Å². The molecule has 0 aliphatic heterocycles. The molecular formula is C8H12P2. The minimum atomic E-state index is 1.01. The van der Waals surface area contributed by atoms with Gasteiger partial charge in [0.25, 0.3) is 0 Å². The quantitative estimate of drug-likeness (QED) is 0.598. The van der Waals surface area contributed by atoms with Crippen LogP contribution < -0.4 is 5.30 Å². The Bertz CT molecular complexity index is 191. The van der Waals surface area contributed by atoms with Crippen LogP contribution in [0.15, 0.2) is 24.3 Å². The molecule has 10 heavy (non-hydrogen) atoms. The van der Waals surface area contributed by atoms with Crippen LogP contribution in [0.3, 0.4) is 0 Å². The van der Waals surface area contributed by atoms with Gasteiger partial charge in [-0.05, 0) is 18.9 Å². The van der Waals surface area contributed by atoms with Gasteiger partial charge in [-0.25, -0.2) is 0 Å². The molecule has 1 rings (SSSR count). The Labute approximate surface area is 65.9 Å². The summed E-state index contributed by atoms with van der Waals surface area (Å²) in [4.78, 5) is 0. The van der Waals surface area contributed by atoms with Gasteiger partial charge in [0.15, 0.2) is 0 Å². The van der Waals surface area contributed by atoms with Gasteiger partial charge < -0.3 is 0 Å². The van der Waals surface area contributed by atoms with Crippen molar-refractivity contribution in [2.24, 2.45) is 0 Å². The van der Waals surface area contributed by atoms with Gasteiger partial charge >= 0.3 is 0 Å². The molecule has 0 saturated heterocycles. The van der Waals surface area contributed by atoms with Crippen LogP contribution in [-0.2, 0) is 0 Å². The number of rotatable bonds is 2. The maximum atomic E-state index is 2.25. The van der Waals surface area contributed by atoms with E-state index in [1.165, 1.54) is 10.9 Å². The lowest BCUT2D eigenvalue weighted by Gasteiger charge is -1.97. The smallest absolute Gasteiger partial charge is 0.0230 e. The van der Waals surface area contributed by atoms with E-state index >= 15 is 0 Å². The summed E-state index contributed by atoms with van der Waals surface area (Å²) >= 11 is 0. The lowest BCUT2D eigenvalue weighted by Crippen LogP contribution is -1.89. The molecule has 0 radical (unpaired) electrons. The maximum Gasteiger partial charge on any atom is -0.0230 e. The van der Waals surface area contributed by atoms with E-state index in [9.17, 15) is 0 Å². The van der Waals surface area contributed by atoms with Crippen LogP contribution in [0.25, 0.3) is 0 Å². The molecule has 0 aliphatic rings. The maximum absolute atomic E-state index is 2.25. The molecule has 0 heterocycles. The molecule has 0 spiro atoms. The highest BCUT2D eigenvalue weighted by Gasteiger charge is 1.87. The van der Waals surface area contributed by atoms with Gasteiger partial charge in [0.05, 0.1) is 0 Å². The normalized spacial score (nSPS) is 12.2. The largest absolute Gasteiger partial charge is 0.0978 e.